The molecule has 0 aliphatic rings. The number of pyridine rings is 1. The van der Waals surface area contributed by atoms with Crippen molar-refractivity contribution in [2.24, 2.45) is 0 Å². The average molecular weight is 571 g/mol. The molecular weight excluding hydrogens is 554 g/mol. The van der Waals surface area contributed by atoms with Gasteiger partial charge >= 0.3 is 12.4 Å². The average Bonchev–Trinajstić information content (AvgIpc) is 3.35. The first-order chi connectivity index (χ1) is 17.6. The van der Waals surface area contributed by atoms with Crippen LogP contribution in [-0.4, -0.2) is 19.1 Å². The van der Waals surface area contributed by atoms with Crippen molar-refractivity contribution in [3.05, 3.63) is 95.2 Å². The van der Waals surface area contributed by atoms with Gasteiger partial charge in [-0.15, -0.1) is 11.3 Å². The van der Waals surface area contributed by atoms with Gasteiger partial charge in [0, 0.05) is 28.7 Å². The Bertz CT molecular complexity index is 1580. The maximum absolute atomic E-state index is 13.3. The van der Waals surface area contributed by atoms with Gasteiger partial charge in [0.25, 0.3) is 10.0 Å². The molecule has 0 saturated heterocycles. The van der Waals surface area contributed by atoms with Crippen LogP contribution in [0.1, 0.15) is 22.3 Å². The highest BCUT2D eigenvalue weighted by Crippen LogP contribution is 2.37. The summed E-state index contributed by atoms with van der Waals surface area (Å²) in [4.78, 5) is 4.74. The van der Waals surface area contributed by atoms with Crippen LogP contribution in [0, 0.1) is 5.41 Å². The zero-order chi connectivity index (χ0) is 27.9. The summed E-state index contributed by atoms with van der Waals surface area (Å²) in [6.45, 7) is 0. The van der Waals surface area contributed by atoms with Gasteiger partial charge in [0.05, 0.1) is 27.4 Å². The Kier molecular flexibility index (Phi) is 6.97. The monoisotopic (exact) mass is 570 g/mol. The van der Waals surface area contributed by atoms with Crippen molar-refractivity contribution in [3.8, 4) is 10.6 Å². The summed E-state index contributed by atoms with van der Waals surface area (Å²) in [6, 6.07) is 12.3. The molecule has 2 aromatic heterocycles. The molecule has 0 aliphatic heterocycles. The Morgan fingerprint density at radius 1 is 0.895 bits per heavy atom. The molecule has 0 radical (unpaired) electrons. The van der Waals surface area contributed by atoms with Crippen molar-refractivity contribution < 1.29 is 34.8 Å². The van der Waals surface area contributed by atoms with Crippen molar-refractivity contribution >= 4 is 38.4 Å². The van der Waals surface area contributed by atoms with E-state index >= 15 is 0 Å². The normalized spacial score (nSPS) is 12.4. The molecule has 0 unspecified atom stereocenters. The quantitative estimate of drug-likeness (QED) is 0.137. The molecular formula is C24H16F6N4O2S2. The largest absolute Gasteiger partial charge is 0.416 e. The summed E-state index contributed by atoms with van der Waals surface area (Å²) >= 11 is 0.937. The van der Waals surface area contributed by atoms with Crippen molar-refractivity contribution in [1.82, 2.24) is 4.98 Å². The molecule has 14 heteroatoms. The summed E-state index contributed by atoms with van der Waals surface area (Å²) in [7, 11) is -4.14. The lowest BCUT2D eigenvalue weighted by atomic mass is 9.96. The Hall–Kier alpha value is -3.91. The fraction of sp³-hybridized carbons (Fsp3) is 0.0833. The van der Waals surface area contributed by atoms with Crippen LogP contribution >= 0.6 is 11.3 Å². The van der Waals surface area contributed by atoms with E-state index in [1.54, 1.807) is 30.5 Å². The van der Waals surface area contributed by atoms with Crippen LogP contribution < -0.4 is 10.5 Å². The predicted molar refractivity (Wildman–Crippen MR) is 132 cm³/mol. The molecule has 4 rings (SSSR count). The Morgan fingerprint density at radius 2 is 1.55 bits per heavy atom. The first-order valence-electron chi connectivity index (χ1n) is 10.5. The van der Waals surface area contributed by atoms with E-state index in [0.717, 1.165) is 17.4 Å². The Morgan fingerprint density at radius 3 is 2.13 bits per heavy atom. The van der Waals surface area contributed by atoms with Crippen molar-refractivity contribution in [3.63, 3.8) is 0 Å². The number of nitrogens with two attached hydrogens (primary N) is 1. The van der Waals surface area contributed by atoms with Gasteiger partial charge in [0.1, 0.15) is 4.21 Å². The molecule has 0 atom stereocenters. The van der Waals surface area contributed by atoms with E-state index in [1.807, 2.05) is 0 Å². The molecule has 198 valence electrons. The van der Waals surface area contributed by atoms with E-state index in [9.17, 15) is 34.8 Å². The highest BCUT2D eigenvalue weighted by Gasteiger charge is 2.37. The van der Waals surface area contributed by atoms with Gasteiger partial charge in [-0.1, -0.05) is 6.07 Å². The molecule has 0 saturated carbocycles. The number of anilines is 2. The summed E-state index contributed by atoms with van der Waals surface area (Å²) in [5, 5.41) is 8.31. The summed E-state index contributed by atoms with van der Waals surface area (Å²) < 4.78 is 108. The Labute approximate surface area is 216 Å². The van der Waals surface area contributed by atoms with Gasteiger partial charge in [0.2, 0.25) is 0 Å². The van der Waals surface area contributed by atoms with Gasteiger partial charge in [-0.3, -0.25) is 15.1 Å². The fourth-order valence-corrected chi connectivity index (χ4v) is 5.74. The molecule has 0 fully saturated rings. The summed E-state index contributed by atoms with van der Waals surface area (Å²) in [5.41, 5.74) is 1.24. The van der Waals surface area contributed by atoms with Crippen LogP contribution in [0.3, 0.4) is 0 Å². The minimum absolute atomic E-state index is 0.0507. The molecule has 6 nitrogen and oxygen atoms in total. The number of benzene rings is 2. The minimum Gasteiger partial charge on any atom is -0.398 e. The number of rotatable bonds is 6. The van der Waals surface area contributed by atoms with Crippen molar-refractivity contribution in [1.29, 1.82) is 5.41 Å². The van der Waals surface area contributed by atoms with E-state index in [0.29, 0.717) is 22.7 Å². The maximum Gasteiger partial charge on any atom is 0.416 e. The zero-order valence-electron chi connectivity index (χ0n) is 18.9. The molecule has 0 aliphatic carbocycles. The Balaban J connectivity index is 1.68. The van der Waals surface area contributed by atoms with Crippen LogP contribution in [0.4, 0.5) is 37.7 Å². The van der Waals surface area contributed by atoms with Crippen LogP contribution in [0.25, 0.3) is 10.6 Å². The van der Waals surface area contributed by atoms with Crippen LogP contribution in [-0.2, 0) is 22.4 Å². The zero-order valence-corrected chi connectivity index (χ0v) is 20.5. The molecule has 4 N–H and O–H groups in total. The predicted octanol–water partition coefficient (Wildman–Crippen LogP) is 6.65. The first kappa shape index (κ1) is 27.1. The number of alkyl halides is 6. The molecule has 2 aromatic carbocycles. The van der Waals surface area contributed by atoms with E-state index in [4.69, 9.17) is 11.1 Å². The number of nitrogens with zero attached hydrogens (tertiary/aromatic N) is 1. The number of nitrogen functional groups attached to an aromatic ring is 1. The topological polar surface area (TPSA) is 109 Å². The van der Waals surface area contributed by atoms with Gasteiger partial charge in [-0.2, -0.15) is 26.3 Å². The lowest BCUT2D eigenvalue weighted by molar-refractivity contribution is -0.143. The van der Waals surface area contributed by atoms with Crippen LogP contribution in [0.5, 0.6) is 0 Å². The fourth-order valence-electron chi connectivity index (χ4n) is 3.41. The number of aromatic nitrogens is 1. The number of hydrogen-bond donors (Lipinski definition) is 3. The van der Waals surface area contributed by atoms with Gasteiger partial charge < -0.3 is 5.73 Å². The summed E-state index contributed by atoms with van der Waals surface area (Å²) in [5.74, 6) is 0. The smallest absolute Gasteiger partial charge is 0.398 e. The molecule has 2 heterocycles. The third-order valence-corrected chi connectivity index (χ3v) is 8.20. The molecule has 0 amide bonds. The third kappa shape index (κ3) is 5.81. The number of thiophene rings is 1. The number of halogens is 6. The number of sulfonamides is 1. The first-order valence-corrected chi connectivity index (χ1v) is 12.8. The maximum atomic E-state index is 13.3. The minimum atomic E-state index is -5.10. The van der Waals surface area contributed by atoms with Crippen LogP contribution in [0.15, 0.2) is 77.1 Å². The standard InChI is InChI=1S/C24H16F6N4O2S2/c25-23(26,27)14-9-13(10-15(11-14)24(28,29)30)22(32)17-12-16(4-5-18(17)31)34-38(35,36)21-7-6-20(37-21)19-3-1-2-8-33-19/h1-12,32,34H,31H2. The van der Waals surface area contributed by atoms with E-state index in [2.05, 4.69) is 9.71 Å². The third-order valence-electron chi connectivity index (χ3n) is 5.21. The van der Waals surface area contributed by atoms with Crippen LogP contribution in [0.2, 0.25) is 0 Å². The van der Waals surface area contributed by atoms with Gasteiger partial charge in [0.15, 0.2) is 0 Å². The van der Waals surface area contributed by atoms with E-state index in [-0.39, 0.29) is 27.2 Å². The second-order valence-corrected chi connectivity index (χ2v) is 10.9. The highest BCUT2D eigenvalue weighted by molar-refractivity contribution is 7.94. The van der Waals surface area contributed by atoms with Crippen molar-refractivity contribution in [2.45, 2.75) is 16.6 Å². The van der Waals surface area contributed by atoms with E-state index < -0.39 is 44.8 Å². The summed E-state index contributed by atoms with van der Waals surface area (Å²) in [6.07, 6.45) is -8.66. The van der Waals surface area contributed by atoms with Gasteiger partial charge in [-0.05, 0) is 60.7 Å². The van der Waals surface area contributed by atoms with E-state index in [1.165, 1.54) is 18.2 Å². The highest BCUT2D eigenvalue weighted by atomic mass is 32.2. The number of hydrogen-bond acceptors (Lipinski definition) is 6. The second-order valence-electron chi connectivity index (χ2n) is 7.91. The SMILES string of the molecule is N=C(c1cc(C(F)(F)F)cc(C(F)(F)F)c1)c1cc(NS(=O)(=O)c2ccc(-c3ccccn3)s2)ccc1N. The lowest BCUT2D eigenvalue weighted by Crippen LogP contribution is -2.15. The second kappa shape index (κ2) is 9.76. The van der Waals surface area contributed by atoms with Crippen molar-refractivity contribution in [2.75, 3.05) is 10.5 Å². The molecule has 0 bridgehead atoms. The lowest BCUT2D eigenvalue weighted by Gasteiger charge is -2.16. The molecule has 4 aromatic rings. The molecule has 38 heavy (non-hydrogen) atoms. The number of nitrogens with one attached hydrogen (secondary N) is 2. The molecule has 0 spiro atoms. The van der Waals surface area contributed by atoms with Gasteiger partial charge in [-0.25, -0.2) is 8.42 Å².